The average molecular weight is 333 g/mol. The molecule has 2 heteroatoms. The highest BCUT2D eigenvalue weighted by atomic mass is 16.1. The van der Waals surface area contributed by atoms with Crippen LogP contribution in [0.5, 0.6) is 0 Å². The summed E-state index contributed by atoms with van der Waals surface area (Å²) in [6.07, 6.45) is 12.3. The number of carbonyl (C=O) groups excluding carboxylic acids is 1. The molecule has 2 bridgehead atoms. The first kappa shape index (κ1) is 15.6. The van der Waals surface area contributed by atoms with Gasteiger partial charge in [0.1, 0.15) is 0 Å². The first-order valence-electron chi connectivity index (χ1n) is 9.89. The number of benzene rings is 1. The van der Waals surface area contributed by atoms with Gasteiger partial charge >= 0.3 is 0 Å². The lowest BCUT2D eigenvalue weighted by molar-refractivity contribution is -0.111. The van der Waals surface area contributed by atoms with Crippen LogP contribution in [-0.2, 0) is 10.2 Å². The summed E-state index contributed by atoms with van der Waals surface area (Å²) in [7, 11) is 0. The number of hydrogen-bond donors (Lipinski definition) is 0. The van der Waals surface area contributed by atoms with E-state index in [4.69, 9.17) is 0 Å². The normalized spacial score (nSPS) is 32.2. The second-order valence-corrected chi connectivity index (χ2v) is 8.66. The van der Waals surface area contributed by atoms with E-state index in [0.717, 1.165) is 49.3 Å². The van der Waals surface area contributed by atoms with Crippen LogP contribution in [0.1, 0.15) is 43.7 Å². The van der Waals surface area contributed by atoms with E-state index in [1.165, 1.54) is 30.5 Å². The second kappa shape index (κ2) is 5.67. The highest BCUT2D eigenvalue weighted by molar-refractivity contribution is 6.21. The molecule has 1 saturated carbocycles. The minimum atomic E-state index is 0.0999. The third-order valence-electron chi connectivity index (χ3n) is 7.21. The van der Waals surface area contributed by atoms with Gasteiger partial charge in [0.05, 0.1) is 0 Å². The summed E-state index contributed by atoms with van der Waals surface area (Å²) in [6, 6.07) is 8.57. The summed E-state index contributed by atoms with van der Waals surface area (Å²) >= 11 is 0. The Kier molecular flexibility index (Phi) is 3.53. The summed E-state index contributed by atoms with van der Waals surface area (Å²) < 4.78 is 0. The topological polar surface area (TPSA) is 20.3 Å². The van der Waals surface area contributed by atoms with E-state index in [0.29, 0.717) is 0 Å². The van der Waals surface area contributed by atoms with Gasteiger partial charge in [0.2, 0.25) is 0 Å². The lowest BCUT2D eigenvalue weighted by Crippen LogP contribution is -2.43. The predicted molar refractivity (Wildman–Crippen MR) is 101 cm³/mol. The maximum Gasteiger partial charge on any atom is 0.160 e. The summed E-state index contributed by atoms with van der Waals surface area (Å²) in [5.41, 5.74) is 3.62. The molecule has 1 spiro atoms. The van der Waals surface area contributed by atoms with E-state index in [9.17, 15) is 4.79 Å². The lowest BCUT2D eigenvalue weighted by Gasteiger charge is -2.40. The highest BCUT2D eigenvalue weighted by Crippen LogP contribution is 2.48. The maximum atomic E-state index is 12.1. The fraction of sp³-hybridized carbons (Fsp3) is 0.522. The van der Waals surface area contributed by atoms with Gasteiger partial charge in [-0.1, -0.05) is 42.5 Å². The van der Waals surface area contributed by atoms with Crippen LogP contribution in [0.3, 0.4) is 0 Å². The van der Waals surface area contributed by atoms with Crippen LogP contribution in [0.2, 0.25) is 0 Å². The monoisotopic (exact) mass is 333 g/mol. The molecule has 1 aliphatic heterocycles. The van der Waals surface area contributed by atoms with E-state index in [-0.39, 0.29) is 11.2 Å². The summed E-state index contributed by atoms with van der Waals surface area (Å²) in [4.78, 5) is 14.8. The summed E-state index contributed by atoms with van der Waals surface area (Å²) in [5.74, 6) is 2.80. The van der Waals surface area contributed by atoms with Gasteiger partial charge in [-0.15, -0.1) is 0 Å². The Labute approximate surface area is 150 Å². The molecule has 1 aromatic carbocycles. The van der Waals surface area contributed by atoms with Gasteiger partial charge in [0, 0.05) is 17.5 Å². The van der Waals surface area contributed by atoms with Crippen LogP contribution in [0.15, 0.2) is 42.5 Å². The van der Waals surface area contributed by atoms with Crippen LogP contribution in [0, 0.1) is 17.8 Å². The molecule has 3 aliphatic carbocycles. The molecule has 4 aliphatic rings. The number of nitrogens with zero attached hydrogens (tertiary/aromatic N) is 1. The number of allylic oxidation sites excluding steroid dienone is 4. The Balaban J connectivity index is 1.32. The predicted octanol–water partition coefficient (Wildman–Crippen LogP) is 4.22. The number of Topliss-reactive ketones (excluding diaryl/α,β-unsaturated/α-hetero) is 1. The largest absolute Gasteiger partial charge is 0.303 e. The number of fused-ring (bicyclic) bond motifs is 4. The van der Waals surface area contributed by atoms with E-state index >= 15 is 0 Å². The Morgan fingerprint density at radius 2 is 1.96 bits per heavy atom. The first-order valence-corrected chi connectivity index (χ1v) is 9.89. The standard InChI is InChI=1S/C23H27NO/c1-16(25)21-14-23(22-5-3-2-4-20(21)22)8-10-24(11-9-23)15-19-13-17-6-7-18(19)12-17/h2-7,14,17-19H,8-13,15H2,1H3. The van der Waals surface area contributed by atoms with Crippen molar-refractivity contribution in [1.82, 2.24) is 4.90 Å². The smallest absolute Gasteiger partial charge is 0.160 e. The van der Waals surface area contributed by atoms with Crippen molar-refractivity contribution in [2.75, 3.05) is 19.6 Å². The molecule has 25 heavy (non-hydrogen) atoms. The summed E-state index contributed by atoms with van der Waals surface area (Å²) in [6.45, 7) is 5.30. The fourth-order valence-electron chi connectivity index (χ4n) is 5.86. The van der Waals surface area contributed by atoms with E-state index in [1.807, 2.05) is 0 Å². The van der Waals surface area contributed by atoms with Crippen molar-refractivity contribution in [1.29, 1.82) is 0 Å². The zero-order valence-electron chi connectivity index (χ0n) is 15.1. The van der Waals surface area contributed by atoms with Gasteiger partial charge in [0.25, 0.3) is 0 Å². The Morgan fingerprint density at radius 1 is 1.16 bits per heavy atom. The molecule has 130 valence electrons. The van der Waals surface area contributed by atoms with Crippen LogP contribution in [0.25, 0.3) is 5.57 Å². The van der Waals surface area contributed by atoms with Crippen LogP contribution in [-0.4, -0.2) is 30.3 Å². The third kappa shape index (κ3) is 2.45. The third-order valence-corrected chi connectivity index (χ3v) is 7.21. The quantitative estimate of drug-likeness (QED) is 0.772. The second-order valence-electron chi connectivity index (χ2n) is 8.66. The number of carbonyl (C=O) groups is 1. The van der Waals surface area contributed by atoms with Gasteiger partial charge < -0.3 is 4.90 Å². The molecular formula is C23H27NO. The van der Waals surface area contributed by atoms with Crippen molar-refractivity contribution < 1.29 is 4.79 Å². The van der Waals surface area contributed by atoms with Crippen molar-refractivity contribution in [2.45, 2.75) is 38.0 Å². The zero-order chi connectivity index (χ0) is 17.0. The molecule has 1 heterocycles. The Hall–Kier alpha value is -1.67. The molecule has 1 aromatic rings. The van der Waals surface area contributed by atoms with Gasteiger partial charge in [-0.2, -0.15) is 0 Å². The number of likely N-dealkylation sites (tertiary alicyclic amines) is 1. The van der Waals surface area contributed by atoms with Crippen LogP contribution >= 0.6 is 0 Å². The van der Waals surface area contributed by atoms with Crippen molar-refractivity contribution in [2.24, 2.45) is 17.8 Å². The zero-order valence-corrected chi connectivity index (χ0v) is 15.1. The molecule has 3 atom stereocenters. The number of rotatable bonds is 3. The Morgan fingerprint density at radius 3 is 2.64 bits per heavy atom. The molecule has 0 radical (unpaired) electrons. The van der Waals surface area contributed by atoms with Gasteiger partial charge in [0.15, 0.2) is 5.78 Å². The van der Waals surface area contributed by atoms with Crippen LogP contribution in [0.4, 0.5) is 0 Å². The maximum absolute atomic E-state index is 12.1. The van der Waals surface area contributed by atoms with Gasteiger partial charge in [-0.3, -0.25) is 4.79 Å². The molecular weight excluding hydrogens is 306 g/mol. The minimum Gasteiger partial charge on any atom is -0.303 e. The van der Waals surface area contributed by atoms with E-state index in [1.54, 1.807) is 6.92 Å². The summed E-state index contributed by atoms with van der Waals surface area (Å²) in [5, 5.41) is 0. The van der Waals surface area contributed by atoms with Crippen molar-refractivity contribution >= 4 is 11.4 Å². The van der Waals surface area contributed by atoms with Crippen molar-refractivity contribution in [3.63, 3.8) is 0 Å². The Bertz CT molecular complexity index is 766. The average Bonchev–Trinajstić information content (AvgIpc) is 3.31. The SMILES string of the molecule is CC(=O)C1=CC2(CCN(CC3CC4C=CC3C4)CC2)c2ccccc21. The van der Waals surface area contributed by atoms with E-state index < -0.39 is 0 Å². The highest BCUT2D eigenvalue weighted by Gasteiger charge is 2.42. The first-order chi connectivity index (χ1) is 12.1. The number of piperidine rings is 1. The molecule has 0 amide bonds. The van der Waals surface area contributed by atoms with Crippen LogP contribution < -0.4 is 0 Å². The van der Waals surface area contributed by atoms with Crippen molar-refractivity contribution in [3.8, 4) is 0 Å². The van der Waals surface area contributed by atoms with Crippen molar-refractivity contribution in [3.05, 3.63) is 53.6 Å². The minimum absolute atomic E-state index is 0.0999. The van der Waals surface area contributed by atoms with Gasteiger partial charge in [-0.25, -0.2) is 0 Å². The number of hydrogen-bond acceptors (Lipinski definition) is 2. The molecule has 5 rings (SSSR count). The van der Waals surface area contributed by atoms with Gasteiger partial charge in [-0.05, 0) is 74.6 Å². The molecule has 3 unspecified atom stereocenters. The number of ketones is 1. The molecule has 2 nitrogen and oxygen atoms in total. The molecule has 0 N–H and O–H groups in total. The lowest BCUT2D eigenvalue weighted by atomic mass is 9.74. The molecule has 2 fully saturated rings. The molecule has 1 saturated heterocycles. The van der Waals surface area contributed by atoms with E-state index in [2.05, 4.69) is 47.4 Å². The molecule has 0 aromatic heterocycles. The fourth-order valence-corrected chi connectivity index (χ4v) is 5.86.